The van der Waals surface area contributed by atoms with Crippen molar-refractivity contribution in [1.82, 2.24) is 47.4 Å². The highest BCUT2D eigenvalue weighted by Crippen LogP contribution is 2.27. The summed E-state index contributed by atoms with van der Waals surface area (Å²) < 4.78 is 0. The summed E-state index contributed by atoms with van der Waals surface area (Å²) in [5.74, 6) is -31.6. The second-order valence-electron chi connectivity index (χ2n) is 34.3. The third-order valence-corrected chi connectivity index (χ3v) is 23.8. The van der Waals surface area contributed by atoms with Crippen LogP contribution in [0, 0.1) is 53.3 Å². The highest BCUT2D eigenvalue weighted by atomic mass is 32.2. The number of ketones is 8. The number of carbonyl (C=O) groups excluding carboxylic acids is 17. The fraction of sp³-hybridized carbons (Fsp3) is 0.587. The molecule has 3 aromatic rings. The number of carboxylic acid groups (broad SMARTS) is 3. The van der Waals surface area contributed by atoms with Gasteiger partial charge < -0.3 is 99.1 Å². The van der Waals surface area contributed by atoms with Crippen LogP contribution < -0.4 is 48.3 Å². The van der Waals surface area contributed by atoms with Gasteiger partial charge in [0.2, 0.25) is 41.4 Å². The number of aliphatic carboxylic acids is 3. The van der Waals surface area contributed by atoms with Gasteiger partial charge in [0.1, 0.15) is 29.1 Å². The summed E-state index contributed by atoms with van der Waals surface area (Å²) in [6, 6.07) is 10.4. The lowest BCUT2D eigenvalue weighted by Gasteiger charge is -2.28. The van der Waals surface area contributed by atoms with Crippen LogP contribution in [0.5, 0.6) is 11.5 Å². The van der Waals surface area contributed by atoms with E-state index in [1.165, 1.54) is 53.4 Å². The van der Waals surface area contributed by atoms with Crippen LogP contribution in [0.1, 0.15) is 181 Å². The number of aliphatic hydroxyl groups is 4. The van der Waals surface area contributed by atoms with E-state index in [1.54, 1.807) is 65.0 Å². The van der Waals surface area contributed by atoms with Crippen molar-refractivity contribution in [1.29, 1.82) is 0 Å². The summed E-state index contributed by atoms with van der Waals surface area (Å²) in [7, 11) is 0. The molecule has 1 aliphatic rings. The number of nitrogens with zero attached hydrogens (tertiary/aromatic N) is 1. The number of aliphatic hydroxyl groups excluding tert-OH is 4. The maximum Gasteiger partial charge on any atom is 0.311 e. The number of rotatable bonds is 67. The van der Waals surface area contributed by atoms with Crippen molar-refractivity contribution in [3.05, 3.63) is 95.6 Å². The quantitative estimate of drug-likeness (QED) is 0.0277. The number of aromatic hydroxyl groups is 2. The molecular weight excluding hydrogens is 1740 g/mol. The Kier molecular flexibility index (Phi) is 49.8. The van der Waals surface area contributed by atoms with Crippen molar-refractivity contribution in [3.8, 4) is 11.5 Å². The van der Waals surface area contributed by atoms with Crippen LogP contribution in [0.25, 0.3) is 0 Å². The predicted molar refractivity (Wildman–Crippen MR) is 478 cm³/mol. The molecule has 19 N–H and O–H groups in total. The fourth-order valence-corrected chi connectivity index (χ4v) is 15.7. The van der Waals surface area contributed by atoms with Gasteiger partial charge in [-0.2, -0.15) is 0 Å². The minimum absolute atomic E-state index is 0.0232. The third kappa shape index (κ3) is 41.0. The number of benzene rings is 3. The molecule has 4 rings (SSSR count). The Labute approximate surface area is 770 Å². The Hall–Kier alpha value is -11.6. The third-order valence-electron chi connectivity index (χ3n) is 22.7. The highest BCUT2D eigenvalue weighted by Gasteiger charge is 2.41. The van der Waals surface area contributed by atoms with Gasteiger partial charge in [-0.1, -0.05) is 95.1 Å². The predicted octanol–water partition coefficient (Wildman–Crippen LogP) is 1.02. The van der Waals surface area contributed by atoms with Gasteiger partial charge in [-0.3, -0.25) is 95.9 Å². The number of hydrogen-bond acceptors (Lipinski definition) is 28. The van der Waals surface area contributed by atoms with E-state index in [0.717, 1.165) is 25.6 Å². The smallest absolute Gasteiger partial charge is 0.311 e. The lowest BCUT2D eigenvalue weighted by Crippen LogP contribution is -2.52. The molecule has 728 valence electrons. The van der Waals surface area contributed by atoms with E-state index in [1.807, 2.05) is 0 Å². The van der Waals surface area contributed by atoms with E-state index < -0.39 is 298 Å². The summed E-state index contributed by atoms with van der Waals surface area (Å²) in [5.41, 5.74) is 6.76. The monoisotopic (exact) mass is 1870 g/mol. The maximum atomic E-state index is 14.8. The SMILES string of the molecule is CC[C@H](C)[C@H](NC(=O)[C@H](CO)CC(=O)[C@H](Cc1ccc(O)cc1)NC(=O)[C@H](CC(=O)O)CC(=O)[C@H](CO)NC(=O)[C@@H](CC(=O)[C@H](Cc1ccccc1)NC(=O)[C@@H](CC(=O)CNC(=O)[C@H](CCC(=O)O)CC(=O)CSCC(=O)CCCN1CCNC(=O)C1=O)[C@@H](C)O)[C@@H](C)O)C(=O)C[C@@H](Cc1ccc(O)cc1)C(=O)N[C@@H](CC(C)C)C(=O)C[C@@H](CC(=O)O)C(=O)N[C@H](C)CCCCN. The molecule has 0 spiro atoms. The molecule has 3 aromatic carbocycles. The first-order chi connectivity index (χ1) is 62.4. The second kappa shape index (κ2) is 58.3. The molecule has 39 nitrogen and oxygen atoms in total. The van der Waals surface area contributed by atoms with Crippen molar-refractivity contribution in [2.45, 2.75) is 232 Å². The largest absolute Gasteiger partial charge is 0.508 e. The molecule has 0 radical (unpaired) electrons. The number of phenols is 2. The Morgan fingerprint density at radius 3 is 1.46 bits per heavy atom. The van der Waals surface area contributed by atoms with Gasteiger partial charge in [-0.25, -0.2) is 0 Å². The van der Waals surface area contributed by atoms with Gasteiger partial charge in [0.15, 0.2) is 34.7 Å². The van der Waals surface area contributed by atoms with Crippen molar-refractivity contribution in [3.63, 3.8) is 0 Å². The molecule has 0 bridgehead atoms. The summed E-state index contributed by atoms with van der Waals surface area (Å²) >= 11 is 0.945. The van der Waals surface area contributed by atoms with E-state index in [4.69, 9.17) is 5.73 Å². The lowest BCUT2D eigenvalue weighted by molar-refractivity contribution is -0.148. The number of nitrogens with one attached hydrogen (secondary N) is 8. The second-order valence-corrected chi connectivity index (χ2v) is 35.3. The van der Waals surface area contributed by atoms with Gasteiger partial charge in [0.05, 0.1) is 110 Å². The molecule has 132 heavy (non-hydrogen) atoms. The summed E-state index contributed by atoms with van der Waals surface area (Å²) in [6.45, 7) is 8.84. The number of Topliss-reactive ketones (excluding diaryl/α,β-unsaturated/α-hetero) is 8. The number of piperazine rings is 1. The molecule has 1 fully saturated rings. The van der Waals surface area contributed by atoms with Crippen molar-refractivity contribution < 1.29 is 142 Å². The molecule has 1 heterocycles. The minimum Gasteiger partial charge on any atom is -0.508 e. The van der Waals surface area contributed by atoms with Crippen molar-refractivity contribution in [2.75, 3.05) is 57.4 Å². The average molecular weight is 1870 g/mol. The van der Waals surface area contributed by atoms with Crippen LogP contribution in [0.2, 0.25) is 0 Å². The van der Waals surface area contributed by atoms with Crippen LogP contribution in [0.3, 0.4) is 0 Å². The van der Waals surface area contributed by atoms with Crippen molar-refractivity contribution in [2.24, 2.45) is 59.0 Å². The summed E-state index contributed by atoms with van der Waals surface area (Å²) in [6.07, 6.45) is -9.95. The fourth-order valence-electron chi connectivity index (χ4n) is 14.9. The minimum atomic E-state index is -2.00. The molecule has 0 aromatic heterocycles. The zero-order valence-electron chi connectivity index (χ0n) is 75.7. The Balaban J connectivity index is 1.52. The highest BCUT2D eigenvalue weighted by molar-refractivity contribution is 8.00. The molecule has 9 amide bonds. The first-order valence-electron chi connectivity index (χ1n) is 44.3. The number of nitrogens with two attached hydrogens (primary N) is 1. The molecular formula is C92H130N10O29S. The molecule has 1 aliphatic heterocycles. The Bertz CT molecular complexity index is 4440. The van der Waals surface area contributed by atoms with Crippen LogP contribution in [0.15, 0.2) is 78.9 Å². The molecule has 1 saturated heterocycles. The van der Waals surface area contributed by atoms with E-state index in [-0.39, 0.29) is 105 Å². The lowest BCUT2D eigenvalue weighted by atomic mass is 9.85. The normalized spacial score (nSPS) is 15.7. The first-order valence-corrected chi connectivity index (χ1v) is 45.5. The molecule has 40 heteroatoms. The topological polar surface area (TPSA) is 649 Å². The zero-order valence-corrected chi connectivity index (χ0v) is 76.5. The number of carbonyl (C=O) groups is 20. The van der Waals surface area contributed by atoms with Crippen LogP contribution in [-0.2, 0) is 115 Å². The molecule has 16 atom stereocenters. The number of hydrogen-bond donors (Lipinski definition) is 18. The van der Waals surface area contributed by atoms with Gasteiger partial charge in [0.25, 0.3) is 0 Å². The van der Waals surface area contributed by atoms with E-state index in [9.17, 15) is 142 Å². The molecule has 0 aliphatic carbocycles. The van der Waals surface area contributed by atoms with E-state index in [2.05, 4.69) is 42.5 Å². The van der Waals surface area contributed by atoms with Gasteiger partial charge >= 0.3 is 29.7 Å². The van der Waals surface area contributed by atoms with Gasteiger partial charge in [-0.05, 0) is 131 Å². The average Bonchev–Trinajstić information content (AvgIpc) is 0.834. The Morgan fingerprint density at radius 2 is 0.932 bits per heavy atom. The summed E-state index contributed by atoms with van der Waals surface area (Å²) in [5, 5.41) is 113. The first kappa shape index (κ1) is 113. The number of phenolic OH excluding ortho intramolecular Hbond substituents is 2. The maximum absolute atomic E-state index is 14.8. The number of unbranched alkanes of at least 4 members (excludes halogenated alkanes) is 1. The van der Waals surface area contributed by atoms with Gasteiger partial charge in [-0.15, -0.1) is 11.8 Å². The number of thioether (sulfide) groups is 1. The van der Waals surface area contributed by atoms with E-state index in [0.29, 0.717) is 36.9 Å². The molecule has 0 saturated carbocycles. The van der Waals surface area contributed by atoms with Crippen molar-refractivity contribution >= 4 is 129 Å². The Morgan fingerprint density at radius 1 is 0.455 bits per heavy atom. The number of amides is 9. The molecule has 0 unspecified atom stereocenters. The van der Waals surface area contributed by atoms with Crippen LogP contribution >= 0.6 is 11.8 Å². The zero-order chi connectivity index (χ0) is 98.6. The van der Waals surface area contributed by atoms with Crippen LogP contribution in [0.4, 0.5) is 0 Å². The number of carboxylic acids is 3. The standard InChI is InChI=1S/C92H130N10O29S/c1-8-52(4)83(79(116)40-60(34-57-19-24-64(107)25-20-57)86(125)97-71(33-51(2)3)75(112)38-61(42-81(119)120)85(124)96-53(5)15-12-13-29-93)101-88(127)63(47-103)41-76(113)72(36-58-21-26-65(108)27-22-58)98-87(126)62(43-82(121)122)39-77(114)74(48-104)100-90(129)70(55(7)106)45-78(115)73(35-56-16-10-9-11-17-56)99-89(128)69(54(6)105)44-67(110)46-95-84(123)59(23-28-80(117)118)37-68(111)50-132-49-66(109)18-14-31-102-32-30-94-91(130)92(102)131/h9-11,16-17,19-22,24-27,51-55,59-63,69-74,83,103-108H,8,12-15,18,23,28-50,93H2,1-7H3,(H,94,130)(H,95,123)(H,96,124)(H,97,125)(H,98,126)(H,99,128)(H,100,129)(H,101,127)(H,117,118)(H,119,120)(H,121,122)/t52-,53+,54+,55+,59+,60+,61-,62-,63-,69-,70-,71-,72-,73-,74-,83-/m0/s1. The summed E-state index contributed by atoms with van der Waals surface area (Å²) in [4.78, 5) is 272. The van der Waals surface area contributed by atoms with Crippen LogP contribution in [-0.4, -0.2) is 274 Å². The van der Waals surface area contributed by atoms with E-state index >= 15 is 0 Å². The van der Waals surface area contributed by atoms with Gasteiger partial charge in [0, 0.05) is 95.3 Å².